The number of carbonyl (C=O) groups excluding carboxylic acids is 2. The number of hydrogen-bond donors (Lipinski definition) is 0. The first-order valence-electron chi connectivity index (χ1n) is 10.9. The summed E-state index contributed by atoms with van der Waals surface area (Å²) in [5.41, 5.74) is 1.10. The fourth-order valence-corrected chi connectivity index (χ4v) is 3.38. The lowest BCUT2D eigenvalue weighted by Crippen LogP contribution is -2.46. The number of nitrogens with zero attached hydrogens (tertiary/aromatic N) is 3. The second-order valence-electron chi connectivity index (χ2n) is 8.56. The highest BCUT2D eigenvalue weighted by Gasteiger charge is 2.24. The van der Waals surface area contributed by atoms with Crippen LogP contribution >= 0.6 is 0 Å². The molecule has 0 radical (unpaired) electrons. The minimum Gasteiger partial charge on any atom is -0.353 e. The van der Waals surface area contributed by atoms with Crippen LogP contribution in [0.5, 0.6) is 0 Å². The lowest BCUT2D eigenvalue weighted by atomic mass is 10.1. The third-order valence-corrected chi connectivity index (χ3v) is 5.09. The van der Waals surface area contributed by atoms with Gasteiger partial charge in [0.25, 0.3) is 0 Å². The summed E-state index contributed by atoms with van der Waals surface area (Å²) in [5.74, 6) is 0.511. The van der Waals surface area contributed by atoms with E-state index in [0.717, 1.165) is 18.5 Å². The predicted octanol–water partition coefficient (Wildman–Crippen LogP) is 4.61. The van der Waals surface area contributed by atoms with Crippen LogP contribution in [0.3, 0.4) is 0 Å². The Hall–Kier alpha value is -1.78. The van der Waals surface area contributed by atoms with Crippen LogP contribution in [0.15, 0.2) is 18.3 Å². The quantitative estimate of drug-likeness (QED) is 0.461. The van der Waals surface area contributed by atoms with Crippen LogP contribution in [0.2, 0.25) is 0 Å². The van der Waals surface area contributed by atoms with E-state index in [9.17, 15) is 9.59 Å². The molecule has 0 bridgehead atoms. The van der Waals surface area contributed by atoms with Gasteiger partial charge in [0.2, 0.25) is 11.8 Å². The van der Waals surface area contributed by atoms with Crippen molar-refractivity contribution in [3.05, 3.63) is 24.0 Å². The van der Waals surface area contributed by atoms with E-state index in [1.807, 2.05) is 48.7 Å². The van der Waals surface area contributed by atoms with Gasteiger partial charge >= 0.3 is 0 Å². The molecule has 1 aromatic heterocycles. The Morgan fingerprint density at radius 3 is 2.25 bits per heavy atom. The van der Waals surface area contributed by atoms with Crippen molar-refractivity contribution >= 4 is 11.8 Å². The maximum atomic E-state index is 13.1. The molecule has 0 aliphatic carbocycles. The van der Waals surface area contributed by atoms with Gasteiger partial charge in [-0.1, -0.05) is 46.5 Å². The number of hydrogen-bond acceptors (Lipinski definition) is 2. The molecule has 160 valence electrons. The molecule has 2 amide bonds. The van der Waals surface area contributed by atoms with Gasteiger partial charge in [-0.2, -0.15) is 0 Å². The molecule has 0 spiro atoms. The molecule has 0 saturated carbocycles. The van der Waals surface area contributed by atoms with E-state index < -0.39 is 0 Å². The largest absolute Gasteiger partial charge is 0.353 e. The monoisotopic (exact) mass is 391 g/mol. The minimum absolute atomic E-state index is 0.0305. The number of aromatic nitrogens is 1. The van der Waals surface area contributed by atoms with Crippen molar-refractivity contribution in [2.45, 2.75) is 85.7 Å². The summed E-state index contributed by atoms with van der Waals surface area (Å²) in [6.07, 6.45) is 8.15. The number of carbonyl (C=O) groups is 2. The van der Waals surface area contributed by atoms with E-state index >= 15 is 0 Å². The van der Waals surface area contributed by atoms with Gasteiger partial charge in [-0.15, -0.1) is 0 Å². The standard InChI is InChI=1S/C23H41N3O2/c1-7-8-9-10-11-14-22(27)26(20(4)5)18-23(28)25(16-19(2)3)17-21-13-12-15-24(21)6/h12-13,15,19-20H,7-11,14,16-18H2,1-6H3. The fraction of sp³-hybridized carbons (Fsp3) is 0.739. The minimum atomic E-state index is 0.0305. The summed E-state index contributed by atoms with van der Waals surface area (Å²) in [4.78, 5) is 29.4. The first-order chi connectivity index (χ1) is 13.3. The van der Waals surface area contributed by atoms with Crippen molar-refractivity contribution in [3.63, 3.8) is 0 Å². The third kappa shape index (κ3) is 8.49. The molecule has 0 saturated heterocycles. The van der Waals surface area contributed by atoms with Crippen LogP contribution in [0.4, 0.5) is 0 Å². The van der Waals surface area contributed by atoms with Crippen molar-refractivity contribution in [1.82, 2.24) is 14.4 Å². The summed E-state index contributed by atoms with van der Waals surface area (Å²) in [7, 11) is 2.00. The molecule has 0 aliphatic heterocycles. The molecule has 0 aliphatic rings. The molecule has 0 atom stereocenters. The summed E-state index contributed by atoms with van der Waals surface area (Å²) in [5, 5.41) is 0. The molecule has 1 rings (SSSR count). The van der Waals surface area contributed by atoms with Crippen LogP contribution in [-0.2, 0) is 23.2 Å². The van der Waals surface area contributed by atoms with E-state index in [1.54, 1.807) is 4.90 Å². The highest BCUT2D eigenvalue weighted by atomic mass is 16.2. The number of amides is 2. The number of aryl methyl sites for hydroxylation is 1. The predicted molar refractivity (Wildman–Crippen MR) is 116 cm³/mol. The lowest BCUT2D eigenvalue weighted by molar-refractivity contribution is -0.142. The number of unbranched alkanes of at least 4 members (excludes halogenated alkanes) is 4. The molecule has 0 unspecified atom stereocenters. The van der Waals surface area contributed by atoms with E-state index in [-0.39, 0.29) is 24.4 Å². The lowest BCUT2D eigenvalue weighted by Gasteiger charge is -2.31. The summed E-state index contributed by atoms with van der Waals surface area (Å²) >= 11 is 0. The molecular weight excluding hydrogens is 350 g/mol. The molecular formula is C23H41N3O2. The first-order valence-corrected chi connectivity index (χ1v) is 10.9. The van der Waals surface area contributed by atoms with Crippen molar-refractivity contribution < 1.29 is 9.59 Å². The fourth-order valence-electron chi connectivity index (χ4n) is 3.38. The summed E-state index contributed by atoms with van der Waals surface area (Å²) < 4.78 is 2.04. The van der Waals surface area contributed by atoms with Gasteiger partial charge in [-0.25, -0.2) is 0 Å². The normalized spacial score (nSPS) is 11.3. The zero-order valence-corrected chi connectivity index (χ0v) is 18.9. The molecule has 28 heavy (non-hydrogen) atoms. The molecule has 5 heteroatoms. The van der Waals surface area contributed by atoms with Crippen LogP contribution in [0, 0.1) is 5.92 Å². The van der Waals surface area contributed by atoms with Gasteiger partial charge in [-0.3, -0.25) is 9.59 Å². The zero-order valence-electron chi connectivity index (χ0n) is 18.9. The van der Waals surface area contributed by atoms with Gasteiger partial charge in [0, 0.05) is 37.9 Å². The van der Waals surface area contributed by atoms with Crippen LogP contribution in [0.1, 0.15) is 78.8 Å². The van der Waals surface area contributed by atoms with Crippen LogP contribution in [0.25, 0.3) is 0 Å². The molecule has 0 fully saturated rings. The Morgan fingerprint density at radius 1 is 1.04 bits per heavy atom. The Morgan fingerprint density at radius 2 is 1.71 bits per heavy atom. The first kappa shape index (κ1) is 24.3. The highest BCUT2D eigenvalue weighted by molar-refractivity contribution is 5.85. The van der Waals surface area contributed by atoms with Crippen molar-refractivity contribution in [3.8, 4) is 0 Å². The van der Waals surface area contributed by atoms with Crippen LogP contribution < -0.4 is 0 Å². The Balaban J connectivity index is 2.71. The van der Waals surface area contributed by atoms with E-state index in [2.05, 4.69) is 20.8 Å². The smallest absolute Gasteiger partial charge is 0.242 e. The maximum Gasteiger partial charge on any atom is 0.242 e. The summed E-state index contributed by atoms with van der Waals surface area (Å²) in [6, 6.07) is 4.07. The average Bonchev–Trinajstić information content (AvgIpc) is 3.02. The second kappa shape index (κ2) is 12.6. The van der Waals surface area contributed by atoms with Crippen molar-refractivity contribution in [1.29, 1.82) is 0 Å². The SMILES string of the molecule is CCCCCCCC(=O)N(CC(=O)N(Cc1cccn1C)CC(C)C)C(C)C. The topological polar surface area (TPSA) is 45.6 Å². The van der Waals surface area contributed by atoms with E-state index in [4.69, 9.17) is 0 Å². The molecule has 0 aromatic carbocycles. The Bertz CT molecular complexity index is 592. The van der Waals surface area contributed by atoms with Gasteiger partial charge in [0.1, 0.15) is 0 Å². The average molecular weight is 392 g/mol. The Labute approximate surface area is 172 Å². The zero-order chi connectivity index (χ0) is 21.1. The number of rotatable bonds is 13. The third-order valence-electron chi connectivity index (χ3n) is 5.09. The maximum absolute atomic E-state index is 13.1. The molecule has 1 aromatic rings. The van der Waals surface area contributed by atoms with E-state index in [0.29, 0.717) is 25.4 Å². The van der Waals surface area contributed by atoms with Gasteiger partial charge in [-0.05, 0) is 38.3 Å². The second-order valence-corrected chi connectivity index (χ2v) is 8.56. The van der Waals surface area contributed by atoms with Gasteiger partial charge in [0.05, 0.1) is 13.1 Å². The molecule has 1 heterocycles. The van der Waals surface area contributed by atoms with Gasteiger partial charge < -0.3 is 14.4 Å². The Kier molecular flexibility index (Phi) is 10.9. The van der Waals surface area contributed by atoms with Crippen molar-refractivity contribution in [2.24, 2.45) is 13.0 Å². The van der Waals surface area contributed by atoms with Crippen LogP contribution in [-0.4, -0.2) is 45.3 Å². The molecule has 5 nitrogen and oxygen atoms in total. The highest BCUT2D eigenvalue weighted by Crippen LogP contribution is 2.12. The van der Waals surface area contributed by atoms with Gasteiger partial charge in [0.15, 0.2) is 0 Å². The molecule has 0 N–H and O–H groups in total. The van der Waals surface area contributed by atoms with Crippen molar-refractivity contribution in [2.75, 3.05) is 13.1 Å². The summed E-state index contributed by atoms with van der Waals surface area (Å²) in [6.45, 7) is 11.9. The van der Waals surface area contributed by atoms with E-state index in [1.165, 1.54) is 19.3 Å².